The molecule has 0 aliphatic heterocycles. The molecule has 0 radical (unpaired) electrons. The first-order valence-corrected chi connectivity index (χ1v) is 19.2. The van der Waals surface area contributed by atoms with Crippen LogP contribution in [0.1, 0.15) is 52.7 Å². The summed E-state index contributed by atoms with van der Waals surface area (Å²) in [6.45, 7) is 13.6. The summed E-state index contributed by atoms with van der Waals surface area (Å²) in [6.07, 6.45) is -5.50. The van der Waals surface area contributed by atoms with Gasteiger partial charge < -0.3 is 0 Å². The first-order chi connectivity index (χ1) is 24.1. The van der Waals surface area contributed by atoms with E-state index in [4.69, 9.17) is 0 Å². The Morgan fingerprint density at radius 3 is 0.647 bits per heavy atom. The summed E-state index contributed by atoms with van der Waals surface area (Å²) >= 11 is 0. The maximum Gasteiger partial charge on any atom is 0.559 e. The van der Waals surface area contributed by atoms with Crippen LogP contribution in [-0.2, 0) is 32.6 Å². The Bertz CT molecular complexity index is 1640. The fraction of sp³-hybridized carbons (Fsp3) is 0.200. The van der Waals surface area contributed by atoms with E-state index in [-0.39, 0.29) is 32.6 Å². The minimum Gasteiger partial charge on any atom is -0.140 e. The van der Waals surface area contributed by atoms with Crippen molar-refractivity contribution >= 4 is 21.8 Å². The molecule has 51 heavy (non-hydrogen) atoms. The van der Waals surface area contributed by atoms with Crippen molar-refractivity contribution in [2.24, 2.45) is 0 Å². The van der Waals surface area contributed by atoms with Crippen molar-refractivity contribution < 1.29 is 17.6 Å². The highest BCUT2D eigenvalue weighted by atomic mass is 32.2. The third-order valence-corrected chi connectivity index (χ3v) is 12.3. The largest absolute Gasteiger partial charge is 0.559 e. The molecule has 0 N–H and O–H groups in total. The van der Waals surface area contributed by atoms with Crippen molar-refractivity contribution in [3.63, 3.8) is 0 Å². The Hall–Kier alpha value is -4.26. The molecule has 0 atom stereocenters. The number of halogens is 4. The summed E-state index contributed by atoms with van der Waals surface area (Å²) in [5, 5.41) is 0. The molecule has 6 heteroatoms. The maximum atomic E-state index is 9.69. The van der Waals surface area contributed by atoms with Gasteiger partial charge in [0, 0.05) is 0 Å². The minimum atomic E-state index is -5.50. The molecule has 0 saturated carbocycles. The lowest BCUT2D eigenvalue weighted by Crippen LogP contribution is -2.11. The van der Waals surface area contributed by atoms with E-state index in [1.165, 1.54) is 40.5 Å². The Labute approximate surface area is 307 Å². The van der Waals surface area contributed by atoms with Crippen molar-refractivity contribution in [1.82, 2.24) is 0 Å². The van der Waals surface area contributed by atoms with E-state index in [1.807, 2.05) is 0 Å². The second-order valence-corrected chi connectivity index (χ2v) is 17.9. The average molecular weight is 727 g/mol. The summed E-state index contributed by atoms with van der Waals surface area (Å²) in [5.41, 5.74) is 3.14. The second-order valence-electron chi connectivity index (χ2n) is 13.8. The zero-order valence-corrected chi connectivity index (χ0v) is 31.6. The monoisotopic (exact) mass is 726 g/mol. The molecule has 0 aromatic heterocycles. The van der Waals surface area contributed by atoms with E-state index in [9.17, 15) is 17.6 Å². The maximum absolute atomic E-state index is 9.69. The van der Waals surface area contributed by atoms with Gasteiger partial charge in [0.25, 0.3) is 0 Å². The molecule has 0 spiro atoms. The molecule has 0 aliphatic rings. The van der Waals surface area contributed by atoms with Crippen LogP contribution in [0.25, 0.3) is 0 Å². The molecule has 264 valence electrons. The highest BCUT2D eigenvalue weighted by Crippen LogP contribution is 2.34. The van der Waals surface area contributed by atoms with Crippen LogP contribution < -0.4 is 0 Å². The van der Waals surface area contributed by atoms with Crippen LogP contribution >= 0.6 is 0 Å². The van der Waals surface area contributed by atoms with Crippen LogP contribution in [0.5, 0.6) is 0 Å². The van der Waals surface area contributed by atoms with Crippen LogP contribution in [-0.4, -0.2) is 6.43 Å². The van der Waals surface area contributed by atoms with Gasteiger partial charge in [0.15, 0.2) is 29.4 Å². The summed E-state index contributed by atoms with van der Waals surface area (Å²) in [5.74, 6) is 0. The smallest absolute Gasteiger partial charge is 0.140 e. The molecule has 6 aromatic carbocycles. The topological polar surface area (TPSA) is 0 Å². The van der Waals surface area contributed by atoms with Crippen LogP contribution in [0.3, 0.4) is 0 Å². The number of hydrogen-bond donors (Lipinski definition) is 0. The molecule has 0 unspecified atom stereocenters. The van der Waals surface area contributed by atoms with Gasteiger partial charge in [-0.15, -0.1) is 17.6 Å². The lowest BCUT2D eigenvalue weighted by molar-refractivity contribution is -0.237. The number of benzene rings is 6. The Morgan fingerprint density at radius 1 is 0.294 bits per heavy atom. The van der Waals surface area contributed by atoms with E-state index < -0.39 is 6.43 Å². The minimum absolute atomic E-state index is 0.0497. The first-order valence-electron chi connectivity index (χ1n) is 16.8. The third-order valence-electron chi connectivity index (χ3n) is 7.83. The molecular weight excluding hydrogens is 681 g/mol. The molecule has 0 fully saturated rings. The first kappa shape index (κ1) is 39.5. The van der Waals surface area contributed by atoms with Gasteiger partial charge in [-0.2, -0.15) is 0 Å². The standard InChI is InChI=1S/2C22H23S.CF4/c2*1-22(2,3)18-14-16-21(17-15-18)23(19-10-6-4-7-11-19)20-12-8-5-9-13-20;2-1(3,4)5/h2*4-17H,1-3H3;/q2*+1;. The third kappa shape index (κ3) is 12.5. The highest BCUT2D eigenvalue weighted by molar-refractivity contribution is 7.97. The molecule has 0 heterocycles. The molecule has 0 aliphatic carbocycles. The predicted molar refractivity (Wildman–Crippen MR) is 208 cm³/mol. The fourth-order valence-electron chi connectivity index (χ4n) is 5.22. The number of rotatable bonds is 6. The lowest BCUT2D eigenvalue weighted by atomic mass is 9.87. The molecule has 6 aromatic rings. The summed E-state index contributed by atoms with van der Waals surface area (Å²) in [6, 6.07) is 61.5. The zero-order chi connectivity index (χ0) is 37.1. The number of hydrogen-bond acceptors (Lipinski definition) is 0. The van der Waals surface area contributed by atoms with Gasteiger partial charge in [0.05, 0.1) is 21.8 Å². The zero-order valence-electron chi connectivity index (χ0n) is 30.0. The highest BCUT2D eigenvalue weighted by Gasteiger charge is 2.30. The van der Waals surface area contributed by atoms with Crippen molar-refractivity contribution in [2.45, 2.75) is 88.2 Å². The molecular formula is C45H46F4S2+2. The lowest BCUT2D eigenvalue weighted by Gasteiger charge is -2.19. The SMILES string of the molecule is CC(C)(C)c1ccc([S+](c2ccccc2)c2ccccc2)cc1.CC(C)(C)c1ccc([S+](c2ccccc2)c2ccccc2)cc1.FC(F)(F)F. The summed E-state index contributed by atoms with van der Waals surface area (Å²) in [7, 11) is -0.0994. The summed E-state index contributed by atoms with van der Waals surface area (Å²) in [4.78, 5) is 8.19. The van der Waals surface area contributed by atoms with Crippen molar-refractivity contribution in [3.8, 4) is 0 Å². The molecule has 0 saturated heterocycles. The van der Waals surface area contributed by atoms with Crippen molar-refractivity contribution in [1.29, 1.82) is 0 Å². The van der Waals surface area contributed by atoms with Crippen LogP contribution in [0.2, 0.25) is 0 Å². The van der Waals surface area contributed by atoms with Crippen molar-refractivity contribution in [2.75, 3.05) is 0 Å². The Kier molecular flexibility index (Phi) is 13.8. The van der Waals surface area contributed by atoms with Crippen LogP contribution in [0, 0.1) is 0 Å². The second kappa shape index (κ2) is 17.8. The van der Waals surface area contributed by atoms with Crippen molar-refractivity contribution in [3.05, 3.63) is 181 Å². The van der Waals surface area contributed by atoms with Gasteiger partial charge in [0.1, 0.15) is 0 Å². The van der Waals surface area contributed by atoms with E-state index >= 15 is 0 Å². The molecule has 0 amide bonds. The predicted octanol–water partition coefficient (Wildman–Crippen LogP) is 13.6. The van der Waals surface area contributed by atoms with Gasteiger partial charge in [-0.25, -0.2) is 0 Å². The van der Waals surface area contributed by atoms with Gasteiger partial charge in [-0.3, -0.25) is 0 Å². The van der Waals surface area contributed by atoms with E-state index in [0.717, 1.165) is 0 Å². The number of alkyl halides is 4. The van der Waals surface area contributed by atoms with E-state index in [2.05, 4.69) is 211 Å². The fourth-order valence-corrected chi connectivity index (χ4v) is 9.39. The molecule has 6 rings (SSSR count). The van der Waals surface area contributed by atoms with Gasteiger partial charge >= 0.3 is 6.43 Å². The van der Waals surface area contributed by atoms with E-state index in [0.29, 0.717) is 0 Å². The Morgan fingerprint density at radius 2 is 0.471 bits per heavy atom. The molecule has 0 nitrogen and oxygen atoms in total. The molecule has 0 bridgehead atoms. The van der Waals surface area contributed by atoms with E-state index in [1.54, 1.807) is 0 Å². The summed E-state index contributed by atoms with van der Waals surface area (Å²) < 4.78 is 38.8. The van der Waals surface area contributed by atoms with Crippen LogP contribution in [0.4, 0.5) is 17.6 Å². The Balaban J connectivity index is 0.000000202. The quantitative estimate of drug-likeness (QED) is 0.118. The average Bonchev–Trinajstić information content (AvgIpc) is 3.10. The van der Waals surface area contributed by atoms with Gasteiger partial charge in [0.2, 0.25) is 0 Å². The van der Waals surface area contributed by atoms with Crippen LogP contribution in [0.15, 0.2) is 199 Å². The van der Waals surface area contributed by atoms with Gasteiger partial charge in [-0.05, 0) is 94.8 Å². The normalized spacial score (nSPS) is 11.7. The van der Waals surface area contributed by atoms with Gasteiger partial charge in [-0.1, -0.05) is 139 Å².